The summed E-state index contributed by atoms with van der Waals surface area (Å²) in [5, 5.41) is 30.9. The van der Waals surface area contributed by atoms with E-state index in [0.29, 0.717) is 18.5 Å². The second-order valence-corrected chi connectivity index (χ2v) is 7.01. The van der Waals surface area contributed by atoms with Gasteiger partial charge in [-0.15, -0.1) is 0 Å². The smallest absolute Gasteiger partial charge is 0.184 e. The number of aliphatic hydroxyl groups excluding tert-OH is 1. The van der Waals surface area contributed by atoms with Gasteiger partial charge in [0.25, 0.3) is 0 Å². The van der Waals surface area contributed by atoms with Crippen molar-refractivity contribution in [2.45, 2.75) is 30.1 Å². The number of likely N-dealkylation sites (N-methyl/N-ethyl adjacent to an activating group) is 1. The van der Waals surface area contributed by atoms with E-state index in [4.69, 9.17) is 4.74 Å². The number of benzene rings is 1. The van der Waals surface area contributed by atoms with E-state index in [2.05, 4.69) is 0 Å². The molecule has 1 saturated heterocycles. The van der Waals surface area contributed by atoms with Gasteiger partial charge in [0.05, 0.1) is 11.6 Å². The first kappa shape index (κ1) is 13.4. The lowest BCUT2D eigenvalue weighted by Gasteiger charge is -2.55. The van der Waals surface area contributed by atoms with E-state index in [1.54, 1.807) is 6.08 Å². The maximum atomic E-state index is 13.0. The lowest BCUT2D eigenvalue weighted by Crippen LogP contribution is -2.66. The molecule has 6 heteroatoms. The summed E-state index contributed by atoms with van der Waals surface area (Å²) in [6.07, 6.45) is 2.95. The number of nitrogens with zero attached hydrogens (tertiary/aromatic N) is 1. The van der Waals surface area contributed by atoms with E-state index < -0.39 is 17.6 Å². The summed E-state index contributed by atoms with van der Waals surface area (Å²) in [6.45, 7) is 0.697. The number of phenolic OH excluding ortho intramolecular Hbond substituents is 2. The molecule has 0 radical (unpaired) electrons. The molecule has 1 fully saturated rings. The second kappa shape index (κ2) is 3.88. The van der Waals surface area contributed by atoms with Crippen molar-refractivity contribution in [3.63, 3.8) is 0 Å². The van der Waals surface area contributed by atoms with E-state index in [-0.39, 0.29) is 40.6 Å². The Morgan fingerprint density at radius 2 is 2.09 bits per heavy atom. The molecule has 120 valence electrons. The molecule has 6 nitrogen and oxygen atoms in total. The number of aliphatic hydroxyl groups is 1. The summed E-state index contributed by atoms with van der Waals surface area (Å²) < 4.78 is 5.93. The molecule has 5 atom stereocenters. The number of likely N-dealkylation sites (tertiary alicyclic amines) is 1. The standard InChI is InChI=1S/C17H17NO5/c1-18-5-4-17-7-2-3-8(19)16(17)23-15-10(21)6-9(20)11(12(15)17)14(22)13(7)18/h2-3,6-8,13,16,19-21H,4-5H2,1H3/t7-,8-,13-,16-,17-/m0/s1. The number of carbonyl (C=O) groups is 1. The van der Waals surface area contributed by atoms with Gasteiger partial charge in [-0.3, -0.25) is 9.69 Å². The molecule has 3 N–H and O–H groups in total. The number of Topliss-reactive ketones (excluding diaryl/α,β-unsaturated/α-hetero) is 1. The topological polar surface area (TPSA) is 90.2 Å². The molecule has 23 heavy (non-hydrogen) atoms. The Balaban J connectivity index is 1.92. The van der Waals surface area contributed by atoms with Gasteiger partial charge in [-0.1, -0.05) is 12.2 Å². The zero-order valence-corrected chi connectivity index (χ0v) is 12.6. The van der Waals surface area contributed by atoms with Crippen molar-refractivity contribution in [3.05, 3.63) is 29.3 Å². The molecular weight excluding hydrogens is 298 g/mol. The Morgan fingerprint density at radius 3 is 2.87 bits per heavy atom. The molecule has 0 amide bonds. The van der Waals surface area contributed by atoms with Gasteiger partial charge in [-0.25, -0.2) is 0 Å². The Hall–Kier alpha value is -2.05. The number of phenols is 2. The number of carbonyl (C=O) groups excluding carboxylic acids is 1. The van der Waals surface area contributed by atoms with E-state index in [1.807, 2.05) is 18.0 Å². The van der Waals surface area contributed by atoms with E-state index in [1.165, 1.54) is 0 Å². The number of ether oxygens (including phenoxy) is 1. The van der Waals surface area contributed by atoms with Gasteiger partial charge in [0.2, 0.25) is 0 Å². The van der Waals surface area contributed by atoms with Crippen molar-refractivity contribution in [1.29, 1.82) is 0 Å². The summed E-state index contributed by atoms with van der Waals surface area (Å²) in [7, 11) is 1.91. The van der Waals surface area contributed by atoms with Crippen molar-refractivity contribution < 1.29 is 24.9 Å². The summed E-state index contributed by atoms with van der Waals surface area (Å²) >= 11 is 0. The quantitative estimate of drug-likeness (QED) is 0.606. The lowest BCUT2D eigenvalue weighted by atomic mass is 9.53. The Kier molecular flexibility index (Phi) is 2.26. The van der Waals surface area contributed by atoms with E-state index in [0.717, 1.165) is 6.07 Å². The Labute approximate surface area is 132 Å². The van der Waals surface area contributed by atoms with Crippen LogP contribution < -0.4 is 4.74 Å². The van der Waals surface area contributed by atoms with Crippen molar-refractivity contribution in [3.8, 4) is 17.2 Å². The first-order chi connectivity index (χ1) is 11.0. The molecule has 2 bridgehead atoms. The summed E-state index contributed by atoms with van der Waals surface area (Å²) in [4.78, 5) is 15.0. The molecule has 0 saturated carbocycles. The van der Waals surface area contributed by atoms with E-state index >= 15 is 0 Å². The van der Waals surface area contributed by atoms with Crippen LogP contribution in [-0.2, 0) is 5.41 Å². The highest BCUT2D eigenvalue weighted by atomic mass is 16.5. The maximum absolute atomic E-state index is 13.0. The predicted molar refractivity (Wildman–Crippen MR) is 79.9 cm³/mol. The lowest BCUT2D eigenvalue weighted by molar-refractivity contribution is -0.0387. The van der Waals surface area contributed by atoms with Crippen LogP contribution in [0.2, 0.25) is 0 Å². The average molecular weight is 315 g/mol. The van der Waals surface area contributed by atoms with Crippen LogP contribution in [-0.4, -0.2) is 57.8 Å². The number of aromatic hydroxyl groups is 2. The third-order valence-electron chi connectivity index (χ3n) is 6.09. The van der Waals surface area contributed by atoms with Crippen molar-refractivity contribution in [1.82, 2.24) is 4.90 Å². The summed E-state index contributed by atoms with van der Waals surface area (Å²) in [6, 6.07) is 0.781. The van der Waals surface area contributed by atoms with Crippen LogP contribution in [0.1, 0.15) is 22.3 Å². The first-order valence-electron chi connectivity index (χ1n) is 7.83. The van der Waals surface area contributed by atoms with Gasteiger partial charge >= 0.3 is 0 Å². The molecule has 2 aliphatic carbocycles. The Morgan fingerprint density at radius 1 is 1.30 bits per heavy atom. The van der Waals surface area contributed by atoms with Gasteiger partial charge in [-0.05, 0) is 20.0 Å². The molecular formula is C17H17NO5. The highest BCUT2D eigenvalue weighted by Gasteiger charge is 2.66. The zero-order valence-electron chi connectivity index (χ0n) is 12.6. The highest BCUT2D eigenvalue weighted by molar-refractivity contribution is 6.07. The highest BCUT2D eigenvalue weighted by Crippen LogP contribution is 2.63. The van der Waals surface area contributed by atoms with Crippen molar-refractivity contribution in [2.24, 2.45) is 5.92 Å². The third kappa shape index (κ3) is 1.28. The van der Waals surface area contributed by atoms with Gasteiger partial charge in [0.15, 0.2) is 17.3 Å². The van der Waals surface area contributed by atoms with Crippen LogP contribution in [0.3, 0.4) is 0 Å². The number of hydrogen-bond donors (Lipinski definition) is 3. The number of ketones is 1. The first-order valence-corrected chi connectivity index (χ1v) is 7.83. The molecule has 4 aliphatic rings. The summed E-state index contributed by atoms with van der Waals surface area (Å²) in [5.41, 5.74) is 0.263. The zero-order chi connectivity index (χ0) is 16.1. The third-order valence-corrected chi connectivity index (χ3v) is 6.09. The molecule has 1 aromatic carbocycles. The van der Waals surface area contributed by atoms with Gasteiger partial charge in [0, 0.05) is 23.0 Å². The fourth-order valence-corrected chi connectivity index (χ4v) is 5.17. The number of rotatable bonds is 0. The molecule has 0 unspecified atom stereocenters. The summed E-state index contributed by atoms with van der Waals surface area (Å²) in [5.74, 6) is -0.422. The van der Waals surface area contributed by atoms with Crippen LogP contribution in [0.4, 0.5) is 0 Å². The molecule has 5 rings (SSSR count). The van der Waals surface area contributed by atoms with Gasteiger partial charge in [0.1, 0.15) is 18.0 Å². The number of hydrogen-bond acceptors (Lipinski definition) is 6. The molecule has 1 spiro atoms. The normalized spacial score (nSPS) is 40.0. The molecule has 2 heterocycles. The monoisotopic (exact) mass is 315 g/mol. The molecule has 2 aliphatic heterocycles. The van der Waals surface area contributed by atoms with Crippen molar-refractivity contribution >= 4 is 5.78 Å². The van der Waals surface area contributed by atoms with E-state index in [9.17, 15) is 20.1 Å². The van der Waals surface area contributed by atoms with Crippen LogP contribution in [0.15, 0.2) is 18.2 Å². The van der Waals surface area contributed by atoms with Crippen LogP contribution >= 0.6 is 0 Å². The van der Waals surface area contributed by atoms with Gasteiger partial charge < -0.3 is 20.1 Å². The van der Waals surface area contributed by atoms with Crippen LogP contribution in [0, 0.1) is 5.92 Å². The fraction of sp³-hybridized carbons (Fsp3) is 0.471. The van der Waals surface area contributed by atoms with Crippen molar-refractivity contribution in [2.75, 3.05) is 13.6 Å². The maximum Gasteiger partial charge on any atom is 0.184 e. The minimum atomic E-state index is -0.801. The largest absolute Gasteiger partial charge is 0.507 e. The minimum Gasteiger partial charge on any atom is -0.507 e. The SMILES string of the molecule is CN1CC[C@@]23c4c5c(O)cc(O)c4C(=O)[C@@H]1[C@@H]2C=C[C@H](O)[C@@H]3O5. The minimum absolute atomic E-state index is 0.128. The average Bonchev–Trinajstić information content (AvgIpc) is 2.84. The van der Waals surface area contributed by atoms with Crippen LogP contribution in [0.5, 0.6) is 17.2 Å². The Bertz CT molecular complexity index is 788. The molecule has 1 aromatic rings. The van der Waals surface area contributed by atoms with Crippen LogP contribution in [0.25, 0.3) is 0 Å². The second-order valence-electron chi connectivity index (χ2n) is 7.01. The molecule has 0 aromatic heterocycles. The number of piperidine rings is 1. The fourth-order valence-electron chi connectivity index (χ4n) is 5.17. The predicted octanol–water partition coefficient (Wildman–Crippen LogP) is 0.544. The van der Waals surface area contributed by atoms with Gasteiger partial charge in [-0.2, -0.15) is 0 Å².